The summed E-state index contributed by atoms with van der Waals surface area (Å²) < 4.78 is 5.24. The molecule has 2 aliphatic heterocycles. The molecule has 0 aliphatic carbocycles. The normalized spacial score (nSPS) is 18.0. The molecule has 0 bridgehead atoms. The Morgan fingerprint density at radius 3 is 2.37 bits per heavy atom. The number of piperidine rings is 1. The number of benzene rings is 2. The van der Waals surface area contributed by atoms with Crippen molar-refractivity contribution in [2.45, 2.75) is 22.6 Å². The summed E-state index contributed by atoms with van der Waals surface area (Å²) in [5.74, 6) is 1.36. The molecule has 2 heterocycles. The van der Waals surface area contributed by atoms with Crippen LogP contribution in [0.1, 0.15) is 12.8 Å². The third-order valence-corrected chi connectivity index (χ3v) is 7.89. The van der Waals surface area contributed by atoms with Gasteiger partial charge in [0, 0.05) is 29.4 Å². The summed E-state index contributed by atoms with van der Waals surface area (Å²) in [5.41, 5.74) is 1.68. The lowest BCUT2D eigenvalue weighted by molar-refractivity contribution is -0.116. The molecule has 1 N–H and O–H groups in total. The van der Waals surface area contributed by atoms with Gasteiger partial charge in [0.15, 0.2) is 0 Å². The zero-order valence-corrected chi connectivity index (χ0v) is 18.7. The zero-order valence-electron chi connectivity index (χ0n) is 17.1. The van der Waals surface area contributed by atoms with Gasteiger partial charge >= 0.3 is 6.03 Å². The van der Waals surface area contributed by atoms with Gasteiger partial charge in [0.25, 0.3) is 0 Å². The number of hydrogen-bond donors (Lipinski definition) is 1. The molecule has 0 aromatic heterocycles. The van der Waals surface area contributed by atoms with E-state index >= 15 is 0 Å². The van der Waals surface area contributed by atoms with E-state index in [0.29, 0.717) is 18.8 Å². The predicted molar refractivity (Wildman–Crippen MR) is 124 cm³/mol. The standard InChI is InChI=1S/C22H25N3O3S2/c1-28-18-7-5-17(6-8-18)25-20(26)15-30-22(25)11-13-24(14-12-22)21(27)23-16-3-9-19(29-2)10-4-16/h3-10H,11-15H2,1-2H3,(H,23,27). The Balaban J connectivity index is 1.42. The second-order valence-corrected chi connectivity index (χ2v) is 9.52. The van der Waals surface area contributed by atoms with Gasteiger partial charge in [0.2, 0.25) is 5.91 Å². The highest BCUT2D eigenvalue weighted by Gasteiger charge is 2.49. The van der Waals surface area contributed by atoms with Crippen LogP contribution in [0.4, 0.5) is 16.2 Å². The molecule has 3 amide bonds. The molecule has 158 valence electrons. The number of thioether (sulfide) groups is 2. The van der Waals surface area contributed by atoms with Crippen molar-refractivity contribution in [2.75, 3.05) is 42.4 Å². The quantitative estimate of drug-likeness (QED) is 0.704. The first-order valence-corrected chi connectivity index (χ1v) is 12.1. The molecule has 4 rings (SSSR count). The Labute approximate surface area is 185 Å². The Kier molecular flexibility index (Phi) is 6.15. The van der Waals surface area contributed by atoms with E-state index in [9.17, 15) is 9.59 Å². The van der Waals surface area contributed by atoms with E-state index in [4.69, 9.17) is 4.74 Å². The lowest BCUT2D eigenvalue weighted by Crippen LogP contribution is -2.53. The van der Waals surface area contributed by atoms with Gasteiger partial charge in [-0.25, -0.2) is 4.79 Å². The maximum atomic E-state index is 12.7. The molecule has 30 heavy (non-hydrogen) atoms. The van der Waals surface area contributed by atoms with Crippen molar-refractivity contribution in [3.63, 3.8) is 0 Å². The van der Waals surface area contributed by atoms with Gasteiger partial charge in [-0.2, -0.15) is 0 Å². The van der Waals surface area contributed by atoms with Crippen molar-refractivity contribution < 1.29 is 14.3 Å². The van der Waals surface area contributed by atoms with Crippen LogP contribution < -0.4 is 15.0 Å². The van der Waals surface area contributed by atoms with E-state index in [1.54, 1.807) is 30.6 Å². The third kappa shape index (κ3) is 4.11. The summed E-state index contributed by atoms with van der Waals surface area (Å²) in [6, 6.07) is 15.4. The molecular weight excluding hydrogens is 418 g/mol. The molecule has 6 nitrogen and oxygen atoms in total. The Hall–Kier alpha value is -2.32. The van der Waals surface area contributed by atoms with E-state index in [2.05, 4.69) is 5.32 Å². The molecule has 2 fully saturated rings. The molecule has 0 atom stereocenters. The van der Waals surface area contributed by atoms with Crippen LogP contribution in [-0.2, 0) is 4.79 Å². The summed E-state index contributed by atoms with van der Waals surface area (Å²) in [6.45, 7) is 1.23. The number of amides is 3. The van der Waals surface area contributed by atoms with E-state index in [1.165, 1.54) is 0 Å². The number of methoxy groups -OCH3 is 1. The molecule has 2 aliphatic rings. The molecule has 0 saturated carbocycles. The van der Waals surface area contributed by atoms with Crippen molar-refractivity contribution >= 4 is 46.8 Å². The van der Waals surface area contributed by atoms with Gasteiger partial charge in [-0.05, 0) is 67.6 Å². The lowest BCUT2D eigenvalue weighted by Gasteiger charge is -2.43. The number of anilines is 2. The molecule has 8 heteroatoms. The molecule has 2 aromatic carbocycles. The lowest BCUT2D eigenvalue weighted by atomic mass is 10.0. The predicted octanol–water partition coefficient (Wildman–Crippen LogP) is 4.52. The van der Waals surface area contributed by atoms with Gasteiger partial charge in [0.05, 0.1) is 17.7 Å². The average molecular weight is 444 g/mol. The fourth-order valence-corrected chi connectivity index (χ4v) is 5.70. The minimum Gasteiger partial charge on any atom is -0.497 e. The van der Waals surface area contributed by atoms with Gasteiger partial charge < -0.3 is 15.0 Å². The second-order valence-electron chi connectivity index (χ2n) is 7.31. The average Bonchev–Trinajstić information content (AvgIpc) is 3.10. The topological polar surface area (TPSA) is 61.9 Å². The first-order chi connectivity index (χ1) is 14.5. The van der Waals surface area contributed by atoms with Crippen LogP contribution in [-0.4, -0.2) is 53.9 Å². The van der Waals surface area contributed by atoms with Crippen LogP contribution in [0.15, 0.2) is 53.4 Å². The van der Waals surface area contributed by atoms with Gasteiger partial charge in [0.1, 0.15) is 5.75 Å². The van der Waals surface area contributed by atoms with Crippen molar-refractivity contribution in [3.05, 3.63) is 48.5 Å². The summed E-state index contributed by atoms with van der Waals surface area (Å²) in [5, 5.41) is 2.98. The number of nitrogens with zero attached hydrogens (tertiary/aromatic N) is 2. The summed E-state index contributed by atoms with van der Waals surface area (Å²) in [6.07, 6.45) is 3.51. The minimum atomic E-state index is -0.289. The fraction of sp³-hybridized carbons (Fsp3) is 0.364. The smallest absolute Gasteiger partial charge is 0.321 e. The Bertz CT molecular complexity index is 910. The Morgan fingerprint density at radius 1 is 1.10 bits per heavy atom. The fourth-order valence-electron chi connectivity index (χ4n) is 3.97. The van der Waals surface area contributed by atoms with E-state index < -0.39 is 0 Å². The van der Waals surface area contributed by atoms with Gasteiger partial charge in [-0.15, -0.1) is 23.5 Å². The van der Waals surface area contributed by atoms with Crippen LogP contribution in [0.2, 0.25) is 0 Å². The summed E-state index contributed by atoms with van der Waals surface area (Å²) in [7, 11) is 1.63. The number of likely N-dealkylation sites (tertiary alicyclic amines) is 1. The molecule has 0 unspecified atom stereocenters. The van der Waals surface area contributed by atoms with Crippen LogP contribution in [0, 0.1) is 0 Å². The monoisotopic (exact) mass is 443 g/mol. The number of carbonyl (C=O) groups excluding carboxylic acids is 2. The molecule has 2 aromatic rings. The van der Waals surface area contributed by atoms with Gasteiger partial charge in [-0.3, -0.25) is 9.69 Å². The molecular formula is C22H25N3O3S2. The number of carbonyl (C=O) groups is 2. The number of rotatable bonds is 4. The first-order valence-electron chi connectivity index (χ1n) is 9.86. The van der Waals surface area contributed by atoms with E-state index in [0.717, 1.165) is 34.9 Å². The van der Waals surface area contributed by atoms with Gasteiger partial charge in [-0.1, -0.05) is 0 Å². The third-order valence-electron chi connectivity index (χ3n) is 5.63. The molecule has 2 saturated heterocycles. The summed E-state index contributed by atoms with van der Waals surface area (Å²) >= 11 is 3.36. The highest BCUT2D eigenvalue weighted by molar-refractivity contribution is 8.02. The number of urea groups is 1. The number of nitrogens with one attached hydrogen (secondary N) is 1. The maximum Gasteiger partial charge on any atom is 0.321 e. The Morgan fingerprint density at radius 2 is 1.77 bits per heavy atom. The van der Waals surface area contributed by atoms with Crippen molar-refractivity contribution in [3.8, 4) is 5.75 Å². The molecule has 1 spiro atoms. The summed E-state index contributed by atoms with van der Waals surface area (Å²) in [4.78, 5) is 30.0. The SMILES string of the molecule is COc1ccc(N2C(=O)CSC23CCN(C(=O)Nc2ccc(SC)cc2)CC3)cc1. The van der Waals surface area contributed by atoms with Crippen LogP contribution in [0.3, 0.4) is 0 Å². The van der Waals surface area contributed by atoms with Crippen molar-refractivity contribution in [1.82, 2.24) is 4.90 Å². The number of hydrogen-bond acceptors (Lipinski definition) is 5. The maximum absolute atomic E-state index is 12.7. The largest absolute Gasteiger partial charge is 0.497 e. The van der Waals surface area contributed by atoms with Crippen LogP contribution in [0.5, 0.6) is 5.75 Å². The van der Waals surface area contributed by atoms with E-state index in [1.807, 2.05) is 64.6 Å². The second kappa shape index (κ2) is 8.81. The molecule has 0 radical (unpaired) electrons. The highest BCUT2D eigenvalue weighted by Crippen LogP contribution is 2.47. The highest BCUT2D eigenvalue weighted by atomic mass is 32.2. The van der Waals surface area contributed by atoms with Crippen LogP contribution >= 0.6 is 23.5 Å². The zero-order chi connectivity index (χ0) is 21.1. The minimum absolute atomic E-state index is 0.0907. The van der Waals surface area contributed by atoms with Crippen molar-refractivity contribution in [1.29, 1.82) is 0 Å². The van der Waals surface area contributed by atoms with Crippen molar-refractivity contribution in [2.24, 2.45) is 0 Å². The number of ether oxygens (including phenoxy) is 1. The van der Waals surface area contributed by atoms with E-state index in [-0.39, 0.29) is 16.8 Å². The van der Waals surface area contributed by atoms with Crippen LogP contribution in [0.25, 0.3) is 0 Å². The first kappa shape index (κ1) is 20.9.